The Morgan fingerprint density at radius 3 is 2.81 bits per heavy atom. The number of nitrogens with zero attached hydrogens (tertiary/aromatic N) is 2. The number of anilines is 1. The van der Waals surface area contributed by atoms with Crippen molar-refractivity contribution in [3.63, 3.8) is 0 Å². The lowest BCUT2D eigenvalue weighted by Gasteiger charge is -2.03. The number of halogens is 2. The molecule has 2 aromatic carbocycles. The van der Waals surface area contributed by atoms with Gasteiger partial charge in [-0.2, -0.15) is 4.98 Å². The summed E-state index contributed by atoms with van der Waals surface area (Å²) in [6, 6.07) is 9.84. The molecule has 0 aliphatic rings. The van der Waals surface area contributed by atoms with E-state index in [2.05, 4.69) is 26.1 Å². The lowest BCUT2D eigenvalue weighted by molar-refractivity contribution is 0.432. The molecular weight excluding hydrogens is 337 g/mol. The molecular formula is C15H11BrFN3O. The van der Waals surface area contributed by atoms with E-state index in [9.17, 15) is 4.39 Å². The largest absolute Gasteiger partial charge is 0.398 e. The molecule has 106 valence electrons. The third kappa shape index (κ3) is 2.54. The van der Waals surface area contributed by atoms with Crippen molar-refractivity contribution in [1.29, 1.82) is 0 Å². The van der Waals surface area contributed by atoms with Crippen LogP contribution in [0, 0.1) is 12.7 Å². The Morgan fingerprint density at radius 2 is 2.05 bits per heavy atom. The summed E-state index contributed by atoms with van der Waals surface area (Å²) in [6.45, 7) is 1.91. The molecule has 3 rings (SSSR count). The van der Waals surface area contributed by atoms with Crippen LogP contribution in [-0.2, 0) is 0 Å². The Morgan fingerprint density at radius 1 is 1.24 bits per heavy atom. The summed E-state index contributed by atoms with van der Waals surface area (Å²) in [5, 5.41) is 3.91. The predicted octanol–water partition coefficient (Wildman–Crippen LogP) is 4.20. The van der Waals surface area contributed by atoms with Crippen molar-refractivity contribution in [2.45, 2.75) is 6.92 Å². The van der Waals surface area contributed by atoms with Crippen molar-refractivity contribution in [3.8, 4) is 22.8 Å². The molecule has 1 heterocycles. The van der Waals surface area contributed by atoms with Crippen LogP contribution >= 0.6 is 15.9 Å². The van der Waals surface area contributed by atoms with E-state index in [1.54, 1.807) is 12.1 Å². The van der Waals surface area contributed by atoms with Crippen LogP contribution < -0.4 is 5.73 Å². The molecule has 0 aliphatic heterocycles. The first-order valence-electron chi connectivity index (χ1n) is 6.21. The fraction of sp³-hybridized carbons (Fsp3) is 0.0667. The number of aryl methyl sites for hydroxylation is 1. The van der Waals surface area contributed by atoms with Crippen molar-refractivity contribution in [3.05, 3.63) is 52.3 Å². The number of nitrogen functional groups attached to an aromatic ring is 1. The van der Waals surface area contributed by atoms with Crippen molar-refractivity contribution in [2.24, 2.45) is 0 Å². The van der Waals surface area contributed by atoms with Crippen LogP contribution in [0.25, 0.3) is 22.8 Å². The Bertz CT molecular complexity index is 796. The number of benzene rings is 2. The Kier molecular flexibility index (Phi) is 3.47. The van der Waals surface area contributed by atoms with E-state index >= 15 is 0 Å². The van der Waals surface area contributed by atoms with Gasteiger partial charge in [-0.05, 0) is 36.8 Å². The number of nitrogens with two attached hydrogens (primary N) is 1. The summed E-state index contributed by atoms with van der Waals surface area (Å²) in [4.78, 5) is 4.32. The van der Waals surface area contributed by atoms with Crippen molar-refractivity contribution >= 4 is 21.6 Å². The second-order valence-corrected chi connectivity index (χ2v) is 5.44. The third-order valence-electron chi connectivity index (χ3n) is 3.11. The van der Waals surface area contributed by atoms with E-state index in [-0.39, 0.29) is 5.82 Å². The molecule has 1 aromatic heterocycles. The van der Waals surface area contributed by atoms with Crippen LogP contribution in [0.2, 0.25) is 0 Å². The maximum Gasteiger partial charge on any atom is 0.260 e. The summed E-state index contributed by atoms with van der Waals surface area (Å²) in [7, 11) is 0. The lowest BCUT2D eigenvalue weighted by Crippen LogP contribution is -1.93. The van der Waals surface area contributed by atoms with Gasteiger partial charge in [-0.15, -0.1) is 0 Å². The maximum atomic E-state index is 13.4. The molecule has 0 bridgehead atoms. The van der Waals surface area contributed by atoms with Gasteiger partial charge in [0.1, 0.15) is 5.82 Å². The van der Waals surface area contributed by atoms with Crippen LogP contribution in [-0.4, -0.2) is 10.1 Å². The second kappa shape index (κ2) is 5.29. The summed E-state index contributed by atoms with van der Waals surface area (Å²) in [5.41, 5.74) is 8.67. The molecule has 0 amide bonds. The van der Waals surface area contributed by atoms with Crippen LogP contribution in [0.3, 0.4) is 0 Å². The summed E-state index contributed by atoms with van der Waals surface area (Å²) in [6.07, 6.45) is 0. The van der Waals surface area contributed by atoms with Crippen LogP contribution in [0.4, 0.5) is 10.1 Å². The molecule has 0 unspecified atom stereocenters. The van der Waals surface area contributed by atoms with Gasteiger partial charge in [-0.25, -0.2) is 4.39 Å². The van der Waals surface area contributed by atoms with E-state index < -0.39 is 0 Å². The molecule has 0 atom stereocenters. The Labute approximate surface area is 128 Å². The summed E-state index contributed by atoms with van der Waals surface area (Å²) < 4.78 is 19.3. The monoisotopic (exact) mass is 347 g/mol. The van der Waals surface area contributed by atoms with Gasteiger partial charge in [0, 0.05) is 15.7 Å². The van der Waals surface area contributed by atoms with Crippen LogP contribution in [0.1, 0.15) is 5.56 Å². The average molecular weight is 348 g/mol. The van der Waals surface area contributed by atoms with Gasteiger partial charge in [0.05, 0.1) is 5.56 Å². The molecule has 0 fully saturated rings. The van der Waals surface area contributed by atoms with Gasteiger partial charge in [0.15, 0.2) is 0 Å². The molecule has 6 heteroatoms. The first kappa shape index (κ1) is 13.8. The van der Waals surface area contributed by atoms with Crippen LogP contribution in [0.15, 0.2) is 45.4 Å². The molecule has 21 heavy (non-hydrogen) atoms. The zero-order valence-corrected chi connectivity index (χ0v) is 12.7. The molecule has 0 saturated carbocycles. The van der Waals surface area contributed by atoms with Crippen LogP contribution in [0.5, 0.6) is 0 Å². The standard InChI is InChI=1S/C15H11BrFN3O/c1-8-3-2-4-12(18)13(8)15-19-14(20-21-15)10-7-9(17)5-6-11(10)16/h2-7H,18H2,1H3. The van der Waals surface area contributed by atoms with E-state index in [0.717, 1.165) is 5.56 Å². The minimum absolute atomic E-state index is 0.305. The van der Waals surface area contributed by atoms with Gasteiger partial charge < -0.3 is 10.3 Å². The fourth-order valence-corrected chi connectivity index (χ4v) is 2.51. The number of rotatable bonds is 2. The highest BCUT2D eigenvalue weighted by atomic mass is 79.9. The highest BCUT2D eigenvalue weighted by molar-refractivity contribution is 9.10. The first-order chi connectivity index (χ1) is 10.1. The van der Waals surface area contributed by atoms with E-state index in [1.165, 1.54) is 12.1 Å². The third-order valence-corrected chi connectivity index (χ3v) is 3.81. The van der Waals surface area contributed by atoms with Crippen molar-refractivity contribution < 1.29 is 8.91 Å². The first-order valence-corrected chi connectivity index (χ1v) is 7.00. The predicted molar refractivity (Wildman–Crippen MR) is 82.0 cm³/mol. The minimum atomic E-state index is -0.366. The SMILES string of the molecule is Cc1cccc(N)c1-c1nc(-c2cc(F)ccc2Br)no1. The highest BCUT2D eigenvalue weighted by Gasteiger charge is 2.16. The number of hydrogen-bond acceptors (Lipinski definition) is 4. The highest BCUT2D eigenvalue weighted by Crippen LogP contribution is 2.32. The fourth-order valence-electron chi connectivity index (χ4n) is 2.09. The van der Waals surface area contributed by atoms with Gasteiger partial charge in [-0.3, -0.25) is 0 Å². The van der Waals surface area contributed by atoms with Crippen molar-refractivity contribution in [2.75, 3.05) is 5.73 Å². The van der Waals surface area contributed by atoms with Gasteiger partial charge in [0.25, 0.3) is 5.89 Å². The minimum Gasteiger partial charge on any atom is -0.398 e. The molecule has 0 aliphatic carbocycles. The molecule has 0 saturated heterocycles. The maximum absolute atomic E-state index is 13.4. The van der Waals surface area contributed by atoms with Gasteiger partial charge in [0.2, 0.25) is 5.82 Å². The smallest absolute Gasteiger partial charge is 0.260 e. The topological polar surface area (TPSA) is 64.9 Å². The number of hydrogen-bond donors (Lipinski definition) is 1. The Hall–Kier alpha value is -2.21. The summed E-state index contributed by atoms with van der Waals surface area (Å²) >= 11 is 3.35. The quantitative estimate of drug-likeness (QED) is 0.705. The number of aromatic nitrogens is 2. The zero-order chi connectivity index (χ0) is 15.0. The molecule has 4 nitrogen and oxygen atoms in total. The summed E-state index contributed by atoms with van der Waals surface area (Å²) in [5.74, 6) is 0.255. The zero-order valence-electron chi connectivity index (χ0n) is 11.1. The normalized spacial score (nSPS) is 10.8. The molecule has 3 aromatic rings. The molecule has 2 N–H and O–H groups in total. The van der Waals surface area contributed by atoms with Gasteiger partial charge >= 0.3 is 0 Å². The van der Waals surface area contributed by atoms with E-state index in [1.807, 2.05) is 19.1 Å². The lowest BCUT2D eigenvalue weighted by atomic mass is 10.1. The Balaban J connectivity index is 2.10. The van der Waals surface area contributed by atoms with E-state index in [0.29, 0.717) is 33.0 Å². The van der Waals surface area contributed by atoms with Crippen molar-refractivity contribution in [1.82, 2.24) is 10.1 Å². The molecule has 0 spiro atoms. The van der Waals surface area contributed by atoms with E-state index in [4.69, 9.17) is 10.3 Å². The average Bonchev–Trinajstić information content (AvgIpc) is 2.90. The van der Waals surface area contributed by atoms with Gasteiger partial charge in [-0.1, -0.05) is 33.2 Å². The molecule has 0 radical (unpaired) electrons. The second-order valence-electron chi connectivity index (χ2n) is 4.59.